The Labute approximate surface area is 115 Å². The summed E-state index contributed by atoms with van der Waals surface area (Å²) in [6.45, 7) is 4.03. The van der Waals surface area contributed by atoms with Gasteiger partial charge in [0.1, 0.15) is 6.04 Å². The lowest BCUT2D eigenvalue weighted by Crippen LogP contribution is -2.46. The van der Waals surface area contributed by atoms with Crippen LogP contribution in [-0.2, 0) is 14.3 Å². The molecule has 0 heterocycles. The van der Waals surface area contributed by atoms with Crippen LogP contribution < -0.4 is 11.1 Å². The van der Waals surface area contributed by atoms with Crippen molar-refractivity contribution < 1.29 is 14.3 Å². The molecule has 0 saturated heterocycles. The Morgan fingerprint density at radius 1 is 1.26 bits per heavy atom. The van der Waals surface area contributed by atoms with E-state index in [1.807, 2.05) is 13.8 Å². The highest BCUT2D eigenvalue weighted by Crippen LogP contribution is 2.23. The predicted molar refractivity (Wildman–Crippen MR) is 73.3 cm³/mol. The highest BCUT2D eigenvalue weighted by molar-refractivity contribution is 5.85. The standard InChI is InChI=1S/C14H26N2O3/c1-9(2)8-12(14(18)19-3)16-13(17)10-4-6-11(15)7-5-10/h9-12H,4-8,15H2,1-3H3,(H,16,17)/t10?,11?,12-/m0/s1. The highest BCUT2D eigenvalue weighted by Gasteiger charge is 2.29. The minimum atomic E-state index is -0.534. The molecule has 1 fully saturated rings. The van der Waals surface area contributed by atoms with Gasteiger partial charge < -0.3 is 15.8 Å². The highest BCUT2D eigenvalue weighted by atomic mass is 16.5. The molecular formula is C14H26N2O3. The molecule has 19 heavy (non-hydrogen) atoms. The fraction of sp³-hybridized carbons (Fsp3) is 0.857. The fourth-order valence-electron chi connectivity index (χ4n) is 2.50. The van der Waals surface area contributed by atoms with Gasteiger partial charge in [-0.15, -0.1) is 0 Å². The SMILES string of the molecule is COC(=O)[C@H](CC(C)C)NC(=O)C1CCC(N)CC1. The molecule has 0 aromatic heterocycles. The summed E-state index contributed by atoms with van der Waals surface area (Å²) in [5, 5.41) is 2.83. The number of amides is 1. The van der Waals surface area contributed by atoms with Gasteiger partial charge in [0, 0.05) is 12.0 Å². The molecule has 1 aliphatic rings. The first-order chi connectivity index (χ1) is 8.93. The van der Waals surface area contributed by atoms with Crippen LogP contribution in [0.1, 0.15) is 46.0 Å². The molecule has 1 saturated carbocycles. The molecule has 3 N–H and O–H groups in total. The maximum atomic E-state index is 12.2. The van der Waals surface area contributed by atoms with Crippen LogP contribution in [0.25, 0.3) is 0 Å². The summed E-state index contributed by atoms with van der Waals surface area (Å²) in [6.07, 6.45) is 3.98. The molecule has 0 radical (unpaired) electrons. The molecule has 5 heteroatoms. The maximum Gasteiger partial charge on any atom is 0.328 e. The Kier molecular flexibility index (Phi) is 6.28. The Bertz CT molecular complexity index is 310. The average Bonchev–Trinajstić information content (AvgIpc) is 2.37. The number of hydrogen-bond donors (Lipinski definition) is 2. The van der Waals surface area contributed by atoms with Crippen LogP contribution in [0.15, 0.2) is 0 Å². The van der Waals surface area contributed by atoms with E-state index in [-0.39, 0.29) is 23.8 Å². The third kappa shape index (κ3) is 5.19. The lowest BCUT2D eigenvalue weighted by Gasteiger charge is -2.27. The van der Waals surface area contributed by atoms with Crippen molar-refractivity contribution in [1.82, 2.24) is 5.32 Å². The van der Waals surface area contributed by atoms with Gasteiger partial charge in [-0.3, -0.25) is 4.79 Å². The van der Waals surface area contributed by atoms with Crippen LogP contribution in [0.2, 0.25) is 0 Å². The van der Waals surface area contributed by atoms with Crippen LogP contribution in [0.4, 0.5) is 0 Å². The minimum Gasteiger partial charge on any atom is -0.467 e. The number of carbonyl (C=O) groups excluding carboxylic acids is 2. The Morgan fingerprint density at radius 3 is 2.32 bits per heavy atom. The van der Waals surface area contributed by atoms with E-state index in [4.69, 9.17) is 10.5 Å². The van der Waals surface area contributed by atoms with E-state index in [1.165, 1.54) is 7.11 Å². The zero-order valence-corrected chi connectivity index (χ0v) is 12.1. The van der Waals surface area contributed by atoms with Gasteiger partial charge in [-0.1, -0.05) is 13.8 Å². The van der Waals surface area contributed by atoms with E-state index in [2.05, 4.69) is 5.32 Å². The summed E-state index contributed by atoms with van der Waals surface area (Å²) in [5.74, 6) is -0.0965. The van der Waals surface area contributed by atoms with Crippen molar-refractivity contribution in [2.45, 2.75) is 58.0 Å². The van der Waals surface area contributed by atoms with Gasteiger partial charge in [-0.2, -0.15) is 0 Å². The molecule has 1 atom stereocenters. The van der Waals surface area contributed by atoms with Crippen LogP contribution in [0, 0.1) is 11.8 Å². The van der Waals surface area contributed by atoms with Gasteiger partial charge in [0.05, 0.1) is 7.11 Å². The first kappa shape index (κ1) is 16.0. The first-order valence-corrected chi connectivity index (χ1v) is 7.07. The molecule has 1 rings (SSSR count). The molecular weight excluding hydrogens is 244 g/mol. The summed E-state index contributed by atoms with van der Waals surface area (Å²) >= 11 is 0. The second kappa shape index (κ2) is 7.48. The minimum absolute atomic E-state index is 0.0147. The van der Waals surface area contributed by atoms with Crippen LogP contribution in [-0.4, -0.2) is 31.1 Å². The number of carbonyl (C=O) groups is 2. The summed E-state index contributed by atoms with van der Waals surface area (Å²) < 4.78 is 4.74. The lowest BCUT2D eigenvalue weighted by atomic mass is 9.85. The van der Waals surface area contributed by atoms with E-state index in [1.54, 1.807) is 0 Å². The first-order valence-electron chi connectivity index (χ1n) is 7.07. The maximum absolute atomic E-state index is 12.2. The van der Waals surface area contributed by atoms with Crippen LogP contribution >= 0.6 is 0 Å². The number of hydrogen-bond acceptors (Lipinski definition) is 4. The van der Waals surface area contributed by atoms with Crippen molar-refractivity contribution in [3.8, 4) is 0 Å². The van der Waals surface area contributed by atoms with Crippen molar-refractivity contribution in [2.75, 3.05) is 7.11 Å². The summed E-state index contributed by atoms with van der Waals surface area (Å²) in [6, 6.07) is -0.316. The van der Waals surface area contributed by atoms with E-state index < -0.39 is 6.04 Å². The van der Waals surface area contributed by atoms with Crippen molar-refractivity contribution in [2.24, 2.45) is 17.6 Å². The number of ether oxygens (including phenoxy) is 1. The van der Waals surface area contributed by atoms with E-state index >= 15 is 0 Å². The summed E-state index contributed by atoms with van der Waals surface area (Å²) in [5.41, 5.74) is 5.83. The number of nitrogens with two attached hydrogens (primary N) is 1. The van der Waals surface area contributed by atoms with Gasteiger partial charge in [0.2, 0.25) is 5.91 Å². The topological polar surface area (TPSA) is 81.4 Å². The Morgan fingerprint density at radius 2 is 1.84 bits per heavy atom. The molecule has 0 aliphatic heterocycles. The molecule has 110 valence electrons. The Hall–Kier alpha value is -1.10. The molecule has 0 unspecified atom stereocenters. The smallest absolute Gasteiger partial charge is 0.328 e. The second-order valence-electron chi connectivity index (χ2n) is 5.83. The largest absolute Gasteiger partial charge is 0.467 e. The van der Waals surface area contributed by atoms with Crippen LogP contribution in [0.5, 0.6) is 0 Å². The van der Waals surface area contributed by atoms with Crippen molar-refractivity contribution in [3.05, 3.63) is 0 Å². The molecule has 0 spiro atoms. The fourth-order valence-corrected chi connectivity index (χ4v) is 2.50. The summed E-state index contributed by atoms with van der Waals surface area (Å²) in [7, 11) is 1.35. The number of nitrogens with one attached hydrogen (secondary N) is 1. The van der Waals surface area contributed by atoms with E-state index in [9.17, 15) is 9.59 Å². The van der Waals surface area contributed by atoms with E-state index in [0.29, 0.717) is 12.3 Å². The average molecular weight is 270 g/mol. The third-order valence-corrected chi connectivity index (χ3v) is 3.65. The number of esters is 1. The van der Waals surface area contributed by atoms with Crippen molar-refractivity contribution in [3.63, 3.8) is 0 Å². The van der Waals surface area contributed by atoms with Gasteiger partial charge in [0.25, 0.3) is 0 Å². The zero-order chi connectivity index (χ0) is 14.4. The van der Waals surface area contributed by atoms with Gasteiger partial charge in [-0.25, -0.2) is 4.79 Å². The molecule has 5 nitrogen and oxygen atoms in total. The molecule has 0 bridgehead atoms. The normalized spacial score (nSPS) is 24.9. The number of rotatable bonds is 5. The number of methoxy groups -OCH3 is 1. The predicted octanol–water partition coefficient (Wildman–Crippen LogP) is 1.21. The lowest BCUT2D eigenvalue weighted by molar-refractivity contribution is -0.146. The summed E-state index contributed by atoms with van der Waals surface area (Å²) in [4.78, 5) is 23.8. The quantitative estimate of drug-likeness (QED) is 0.736. The van der Waals surface area contributed by atoms with Gasteiger partial charge >= 0.3 is 5.97 Å². The monoisotopic (exact) mass is 270 g/mol. The second-order valence-corrected chi connectivity index (χ2v) is 5.83. The molecule has 0 aromatic carbocycles. The van der Waals surface area contributed by atoms with E-state index in [0.717, 1.165) is 25.7 Å². The van der Waals surface area contributed by atoms with Gasteiger partial charge in [-0.05, 0) is 38.0 Å². The van der Waals surface area contributed by atoms with Gasteiger partial charge in [0.15, 0.2) is 0 Å². The molecule has 1 amide bonds. The van der Waals surface area contributed by atoms with Crippen LogP contribution in [0.3, 0.4) is 0 Å². The van der Waals surface area contributed by atoms with Crippen molar-refractivity contribution >= 4 is 11.9 Å². The Balaban J connectivity index is 2.53. The third-order valence-electron chi connectivity index (χ3n) is 3.65. The van der Waals surface area contributed by atoms with Crippen molar-refractivity contribution in [1.29, 1.82) is 0 Å². The molecule has 1 aliphatic carbocycles. The molecule has 0 aromatic rings. The zero-order valence-electron chi connectivity index (χ0n) is 12.1.